The monoisotopic (exact) mass is 445 g/mol. The maximum Gasteiger partial charge on any atom is 0.271 e. The zero-order valence-electron chi connectivity index (χ0n) is 15.0. The molecule has 0 radical (unpaired) electrons. The number of amides is 2. The lowest BCUT2D eigenvalue weighted by molar-refractivity contribution is -0.384. The Labute approximate surface area is 168 Å². The van der Waals surface area contributed by atoms with Crippen LogP contribution in [0.5, 0.6) is 0 Å². The Morgan fingerprint density at radius 3 is 2.25 bits per heavy atom. The van der Waals surface area contributed by atoms with Crippen molar-refractivity contribution in [1.82, 2.24) is 0 Å². The molecule has 0 aliphatic carbocycles. The number of Topliss-reactive ketones (excluding diaryl/α,β-unsaturated/α-hetero) is 1. The number of hydrogen-bond acceptors (Lipinski definition) is 5. The number of carbonyl (C=O) groups is 3. The molecule has 0 unspecified atom stereocenters. The Balaban J connectivity index is 2.06. The molecule has 9 heteroatoms. The first-order chi connectivity index (χ1) is 13.2. The molecular formula is C19H16BrN3O5. The number of rotatable bonds is 6. The summed E-state index contributed by atoms with van der Waals surface area (Å²) in [5, 5.41) is 16.0. The van der Waals surface area contributed by atoms with E-state index in [2.05, 4.69) is 26.6 Å². The quantitative estimate of drug-likeness (QED) is 0.300. The van der Waals surface area contributed by atoms with Gasteiger partial charge in [0.25, 0.3) is 11.6 Å². The predicted octanol–water partition coefficient (Wildman–Crippen LogP) is 4.08. The third kappa shape index (κ3) is 5.58. The molecule has 0 aromatic heterocycles. The molecule has 0 bridgehead atoms. The van der Waals surface area contributed by atoms with Crippen LogP contribution in [0.25, 0.3) is 0 Å². The van der Waals surface area contributed by atoms with Crippen LogP contribution < -0.4 is 10.6 Å². The molecule has 144 valence electrons. The highest BCUT2D eigenvalue weighted by atomic mass is 79.9. The van der Waals surface area contributed by atoms with Gasteiger partial charge in [0.05, 0.1) is 10.6 Å². The van der Waals surface area contributed by atoms with Crippen molar-refractivity contribution in [2.24, 2.45) is 0 Å². The van der Waals surface area contributed by atoms with Crippen LogP contribution in [-0.2, 0) is 9.59 Å². The van der Waals surface area contributed by atoms with Crippen molar-refractivity contribution >= 4 is 50.6 Å². The summed E-state index contributed by atoms with van der Waals surface area (Å²) < 4.78 is 0.467. The highest BCUT2D eigenvalue weighted by Crippen LogP contribution is 2.27. The van der Waals surface area contributed by atoms with Crippen LogP contribution in [0.15, 0.2) is 58.6 Å². The standard InChI is InChI=1S/C19H16BrN3O5/c1-11(9-18(25)21-14-5-3-13(4-6-14)12(2)24)19(26)22-17-10-15(23(27)28)7-8-16(17)20/h3-10H,1-2H3,(H,21,25)(H,22,26)/b11-9-. The van der Waals surface area contributed by atoms with E-state index in [4.69, 9.17) is 0 Å². The van der Waals surface area contributed by atoms with Crippen LogP contribution in [0, 0.1) is 10.1 Å². The average molecular weight is 446 g/mol. The highest BCUT2D eigenvalue weighted by Gasteiger charge is 2.13. The third-order valence-electron chi connectivity index (χ3n) is 3.67. The number of non-ortho nitro benzene ring substituents is 1. The van der Waals surface area contributed by atoms with Crippen LogP contribution in [0.3, 0.4) is 0 Å². The first-order valence-corrected chi connectivity index (χ1v) is 8.82. The zero-order valence-corrected chi connectivity index (χ0v) is 16.6. The lowest BCUT2D eigenvalue weighted by Gasteiger charge is -2.08. The van der Waals surface area contributed by atoms with Crippen molar-refractivity contribution < 1.29 is 19.3 Å². The van der Waals surface area contributed by atoms with Crippen molar-refractivity contribution in [1.29, 1.82) is 0 Å². The predicted molar refractivity (Wildman–Crippen MR) is 108 cm³/mol. The molecule has 2 aromatic carbocycles. The maximum absolute atomic E-state index is 12.3. The van der Waals surface area contributed by atoms with Gasteiger partial charge in [-0.3, -0.25) is 24.5 Å². The van der Waals surface area contributed by atoms with E-state index in [-0.39, 0.29) is 22.7 Å². The second-order valence-electron chi connectivity index (χ2n) is 5.83. The molecule has 0 fully saturated rings. The number of halogens is 1. The SMILES string of the molecule is CC(=O)c1ccc(NC(=O)/C=C(/C)C(=O)Nc2cc([N+](=O)[O-])ccc2Br)cc1. The minimum absolute atomic E-state index is 0.0856. The van der Waals surface area contributed by atoms with E-state index in [1.807, 2.05) is 0 Å². The number of hydrogen-bond donors (Lipinski definition) is 2. The lowest BCUT2D eigenvalue weighted by atomic mass is 10.1. The van der Waals surface area contributed by atoms with Crippen LogP contribution in [0.1, 0.15) is 24.2 Å². The molecule has 0 heterocycles. The van der Waals surface area contributed by atoms with Gasteiger partial charge in [-0.25, -0.2) is 0 Å². The average Bonchev–Trinajstić information content (AvgIpc) is 2.63. The largest absolute Gasteiger partial charge is 0.323 e. The first kappa shape index (κ1) is 21.0. The van der Waals surface area contributed by atoms with E-state index in [0.29, 0.717) is 15.7 Å². The van der Waals surface area contributed by atoms with Gasteiger partial charge in [0.2, 0.25) is 5.91 Å². The molecule has 8 nitrogen and oxygen atoms in total. The van der Waals surface area contributed by atoms with Gasteiger partial charge in [-0.05, 0) is 60.1 Å². The van der Waals surface area contributed by atoms with Crippen LogP contribution in [-0.4, -0.2) is 22.5 Å². The fourth-order valence-corrected chi connectivity index (χ4v) is 2.52. The van der Waals surface area contributed by atoms with Crippen molar-refractivity contribution in [3.8, 4) is 0 Å². The van der Waals surface area contributed by atoms with E-state index in [1.54, 1.807) is 24.3 Å². The van der Waals surface area contributed by atoms with Crippen LogP contribution in [0.4, 0.5) is 17.1 Å². The normalized spacial score (nSPS) is 10.9. The van der Waals surface area contributed by atoms with Crippen LogP contribution >= 0.6 is 15.9 Å². The molecule has 28 heavy (non-hydrogen) atoms. The highest BCUT2D eigenvalue weighted by molar-refractivity contribution is 9.10. The van der Waals surface area contributed by atoms with E-state index < -0.39 is 16.7 Å². The van der Waals surface area contributed by atoms with Gasteiger partial charge in [0.1, 0.15) is 0 Å². The van der Waals surface area contributed by atoms with Crippen molar-refractivity contribution in [2.45, 2.75) is 13.8 Å². The fourth-order valence-electron chi connectivity index (χ4n) is 2.17. The van der Waals surface area contributed by atoms with Gasteiger partial charge in [0.15, 0.2) is 5.78 Å². The van der Waals surface area contributed by atoms with E-state index in [9.17, 15) is 24.5 Å². The van der Waals surface area contributed by atoms with Gasteiger partial charge in [-0.15, -0.1) is 0 Å². The Morgan fingerprint density at radius 1 is 1.04 bits per heavy atom. The molecule has 2 aromatic rings. The summed E-state index contributed by atoms with van der Waals surface area (Å²) in [4.78, 5) is 45.9. The minimum atomic E-state index is -0.580. The summed E-state index contributed by atoms with van der Waals surface area (Å²) in [6.07, 6.45) is 1.11. The smallest absolute Gasteiger partial charge is 0.271 e. The number of anilines is 2. The number of nitrogens with one attached hydrogen (secondary N) is 2. The lowest BCUT2D eigenvalue weighted by Crippen LogP contribution is -2.16. The Kier molecular flexibility index (Phi) is 6.78. The number of nitro groups is 1. The van der Waals surface area contributed by atoms with Gasteiger partial charge in [0, 0.05) is 39.5 Å². The second-order valence-corrected chi connectivity index (χ2v) is 6.68. The third-order valence-corrected chi connectivity index (χ3v) is 4.37. The van der Waals surface area contributed by atoms with Gasteiger partial charge >= 0.3 is 0 Å². The summed E-state index contributed by atoms with van der Waals surface area (Å²) in [5.41, 5.74) is 1.14. The summed E-state index contributed by atoms with van der Waals surface area (Å²) >= 11 is 3.21. The number of nitrogens with zero attached hydrogens (tertiary/aromatic N) is 1. The van der Waals surface area contributed by atoms with Crippen molar-refractivity contribution in [3.05, 3.63) is 74.3 Å². The topological polar surface area (TPSA) is 118 Å². The van der Waals surface area contributed by atoms with Crippen molar-refractivity contribution in [3.63, 3.8) is 0 Å². The molecule has 0 spiro atoms. The van der Waals surface area contributed by atoms with E-state index in [1.165, 1.54) is 32.0 Å². The molecule has 0 saturated heterocycles. The Hall–Kier alpha value is -3.33. The molecule has 2 N–H and O–H groups in total. The molecule has 0 aliphatic rings. The number of benzene rings is 2. The van der Waals surface area contributed by atoms with E-state index in [0.717, 1.165) is 6.08 Å². The summed E-state index contributed by atoms with van der Waals surface area (Å²) in [7, 11) is 0. The fraction of sp³-hybridized carbons (Fsp3) is 0.105. The van der Waals surface area contributed by atoms with Gasteiger partial charge in [-0.1, -0.05) is 0 Å². The maximum atomic E-state index is 12.3. The van der Waals surface area contributed by atoms with Gasteiger partial charge in [-0.2, -0.15) is 0 Å². The zero-order chi connectivity index (χ0) is 20.8. The van der Waals surface area contributed by atoms with Crippen molar-refractivity contribution in [2.75, 3.05) is 10.6 Å². The Bertz CT molecular complexity index is 984. The van der Waals surface area contributed by atoms with E-state index >= 15 is 0 Å². The molecule has 0 saturated carbocycles. The van der Waals surface area contributed by atoms with Crippen LogP contribution in [0.2, 0.25) is 0 Å². The second kappa shape index (κ2) is 9.05. The molecule has 2 amide bonds. The first-order valence-electron chi connectivity index (χ1n) is 8.03. The number of ketones is 1. The Morgan fingerprint density at radius 2 is 1.68 bits per heavy atom. The van der Waals surface area contributed by atoms with Gasteiger partial charge < -0.3 is 10.6 Å². The molecule has 0 aliphatic heterocycles. The summed E-state index contributed by atoms with van der Waals surface area (Å²) in [6, 6.07) is 10.3. The summed E-state index contributed by atoms with van der Waals surface area (Å²) in [6.45, 7) is 2.89. The number of carbonyl (C=O) groups excluding carboxylic acids is 3. The minimum Gasteiger partial charge on any atom is -0.323 e. The molecule has 0 atom stereocenters. The number of nitro benzene ring substituents is 1. The summed E-state index contributed by atoms with van der Waals surface area (Å²) in [5.74, 6) is -1.19. The molecular weight excluding hydrogens is 430 g/mol. The molecule has 2 rings (SSSR count).